The molecule has 1 rings (SSSR count). The summed E-state index contributed by atoms with van der Waals surface area (Å²) in [5.41, 5.74) is 1.10. The van der Waals surface area contributed by atoms with Gasteiger partial charge in [0.2, 0.25) is 5.78 Å². The Morgan fingerprint density at radius 3 is 2.00 bits per heavy atom. The Morgan fingerprint density at radius 2 is 1.62 bits per heavy atom. The third-order valence-electron chi connectivity index (χ3n) is 2.60. The predicted molar refractivity (Wildman–Crippen MR) is 75.5 cm³/mol. The average Bonchev–Trinajstić information content (AvgIpc) is 2.37. The van der Waals surface area contributed by atoms with Crippen molar-refractivity contribution in [3.8, 4) is 0 Å². The first-order chi connectivity index (χ1) is 9.73. The van der Waals surface area contributed by atoms with Gasteiger partial charge in [0.1, 0.15) is 0 Å². The summed E-state index contributed by atoms with van der Waals surface area (Å²) in [6.45, 7) is 4.46. The van der Waals surface area contributed by atoms with E-state index < -0.39 is 19.6 Å². The van der Waals surface area contributed by atoms with E-state index in [0.717, 1.165) is 5.56 Å². The van der Waals surface area contributed by atoms with Crippen LogP contribution < -0.4 is 5.32 Å². The molecule has 0 aromatic heterocycles. The topological polar surface area (TPSA) is 47.6 Å². The summed E-state index contributed by atoms with van der Waals surface area (Å²) in [7, 11) is -4.36. The van der Waals surface area contributed by atoms with Crippen molar-refractivity contribution >= 4 is 13.3 Å². The van der Waals surface area contributed by atoms with Gasteiger partial charge in [0.25, 0.3) is 0 Å². The molecule has 0 saturated heterocycles. The van der Waals surface area contributed by atoms with E-state index in [9.17, 15) is 17.7 Å². The van der Waals surface area contributed by atoms with Crippen LogP contribution in [0.3, 0.4) is 0 Å². The molecule has 8 heteroatoms. The van der Waals surface area contributed by atoms with E-state index in [-0.39, 0.29) is 18.9 Å². The van der Waals surface area contributed by atoms with Crippen LogP contribution in [0, 0.1) is 6.92 Å². The summed E-state index contributed by atoms with van der Waals surface area (Å²) >= 11 is 0. The van der Waals surface area contributed by atoms with Gasteiger partial charge in [-0.15, -0.1) is 0 Å². The van der Waals surface area contributed by atoms with Gasteiger partial charge in [0.15, 0.2) is 0 Å². The van der Waals surface area contributed by atoms with Gasteiger partial charge in [-0.05, 0) is 32.9 Å². The Labute approximate surface area is 122 Å². The van der Waals surface area contributed by atoms with Gasteiger partial charge in [-0.3, -0.25) is 4.57 Å². The predicted octanol–water partition coefficient (Wildman–Crippen LogP) is 4.56. The molecule has 4 nitrogen and oxygen atoms in total. The summed E-state index contributed by atoms with van der Waals surface area (Å²) in [5, 5.41) is 2.22. The maximum Gasteiger partial charge on any atom is 0.420 e. The van der Waals surface area contributed by atoms with Gasteiger partial charge in [-0.25, -0.2) is 0 Å². The van der Waals surface area contributed by atoms with Crippen LogP contribution in [0.15, 0.2) is 24.3 Å². The molecule has 0 radical (unpaired) electrons. The molecule has 1 atom stereocenters. The monoisotopic (exact) mass is 325 g/mol. The fraction of sp³-hybridized carbons (Fsp3) is 0.538. The van der Waals surface area contributed by atoms with Gasteiger partial charge < -0.3 is 14.4 Å². The first-order valence-electron chi connectivity index (χ1n) is 6.51. The van der Waals surface area contributed by atoms with E-state index in [1.54, 1.807) is 12.1 Å². The minimum atomic E-state index is -4.77. The van der Waals surface area contributed by atoms with E-state index in [4.69, 9.17) is 9.05 Å². The highest BCUT2D eigenvalue weighted by Gasteiger charge is 2.54. The molecule has 0 aliphatic rings. The number of aryl methyl sites for hydroxylation is 1. The van der Waals surface area contributed by atoms with Crippen LogP contribution in [-0.2, 0) is 13.6 Å². The minimum absolute atomic E-state index is 0.139. The van der Waals surface area contributed by atoms with Crippen LogP contribution in [0.25, 0.3) is 0 Å². The number of anilines is 1. The summed E-state index contributed by atoms with van der Waals surface area (Å²) in [5.74, 6) is -2.41. The second kappa shape index (κ2) is 7.29. The fourth-order valence-electron chi connectivity index (χ4n) is 1.69. The fourth-order valence-corrected chi connectivity index (χ4v) is 3.45. The zero-order valence-corrected chi connectivity index (χ0v) is 13.0. The zero-order chi connectivity index (χ0) is 16.1. The SMILES string of the molecule is CCOP(=O)(OCC)C(Nc1ccc(C)cc1)C(F)(F)F. The average molecular weight is 325 g/mol. The van der Waals surface area contributed by atoms with Crippen LogP contribution in [0.1, 0.15) is 19.4 Å². The lowest BCUT2D eigenvalue weighted by Gasteiger charge is -2.29. The largest absolute Gasteiger partial charge is 0.420 e. The van der Waals surface area contributed by atoms with Gasteiger partial charge in [-0.1, -0.05) is 17.7 Å². The second-order valence-corrected chi connectivity index (χ2v) is 6.44. The number of hydrogen-bond acceptors (Lipinski definition) is 4. The van der Waals surface area contributed by atoms with Crippen LogP contribution in [0.5, 0.6) is 0 Å². The lowest BCUT2D eigenvalue weighted by molar-refractivity contribution is -0.129. The third kappa shape index (κ3) is 5.02. The third-order valence-corrected chi connectivity index (χ3v) is 4.89. The van der Waals surface area contributed by atoms with Crippen LogP contribution in [0.2, 0.25) is 0 Å². The van der Waals surface area contributed by atoms with E-state index in [0.29, 0.717) is 0 Å². The molecule has 0 saturated carbocycles. The Balaban J connectivity index is 3.10. The molecule has 0 aliphatic carbocycles. The van der Waals surface area contributed by atoms with Gasteiger partial charge in [-0.2, -0.15) is 13.2 Å². The molecule has 0 spiro atoms. The molecule has 0 amide bonds. The number of alkyl halides is 3. The standard InChI is InChI=1S/C13H19F3NO3P/c1-4-19-21(18,20-5-2)12(13(14,15)16)17-11-8-6-10(3)7-9-11/h6-9,12,17H,4-5H2,1-3H3. The molecule has 1 aromatic carbocycles. The maximum absolute atomic E-state index is 13.2. The van der Waals surface area contributed by atoms with Crippen molar-refractivity contribution in [3.05, 3.63) is 29.8 Å². The van der Waals surface area contributed by atoms with E-state index in [1.807, 2.05) is 6.92 Å². The summed E-state index contributed by atoms with van der Waals surface area (Å²) < 4.78 is 61.7. The van der Waals surface area contributed by atoms with Crippen molar-refractivity contribution < 1.29 is 26.8 Å². The minimum Gasteiger partial charge on any atom is -0.364 e. The van der Waals surface area contributed by atoms with Crippen molar-refractivity contribution in [1.82, 2.24) is 0 Å². The Bertz CT molecular complexity index is 480. The summed E-state index contributed by atoms with van der Waals surface area (Å²) in [6, 6.07) is 6.27. The second-order valence-electron chi connectivity index (χ2n) is 4.33. The lowest BCUT2D eigenvalue weighted by atomic mass is 10.2. The normalized spacial score (nSPS) is 14.0. The molecule has 120 valence electrons. The number of hydrogen-bond donors (Lipinski definition) is 1. The summed E-state index contributed by atoms with van der Waals surface area (Å²) in [4.78, 5) is 0. The molecular weight excluding hydrogens is 306 g/mol. The van der Waals surface area contributed by atoms with E-state index >= 15 is 0 Å². The Kier molecular flexibility index (Phi) is 6.25. The lowest BCUT2D eigenvalue weighted by Crippen LogP contribution is -2.37. The van der Waals surface area contributed by atoms with Gasteiger partial charge in [0, 0.05) is 5.69 Å². The zero-order valence-electron chi connectivity index (χ0n) is 12.1. The highest BCUT2D eigenvalue weighted by molar-refractivity contribution is 7.54. The van der Waals surface area contributed by atoms with Crippen molar-refractivity contribution in [2.45, 2.75) is 32.7 Å². The van der Waals surface area contributed by atoms with Crippen molar-refractivity contribution in [2.75, 3.05) is 18.5 Å². The van der Waals surface area contributed by atoms with Crippen LogP contribution in [0.4, 0.5) is 18.9 Å². The number of halogens is 3. The number of benzene rings is 1. The molecule has 0 heterocycles. The molecule has 21 heavy (non-hydrogen) atoms. The molecule has 0 fully saturated rings. The number of rotatable bonds is 7. The van der Waals surface area contributed by atoms with Crippen LogP contribution >= 0.6 is 7.60 Å². The molecule has 1 unspecified atom stereocenters. The highest BCUT2D eigenvalue weighted by Crippen LogP contribution is 2.57. The summed E-state index contributed by atoms with van der Waals surface area (Å²) in [6.07, 6.45) is -4.77. The Morgan fingerprint density at radius 1 is 1.14 bits per heavy atom. The number of nitrogens with one attached hydrogen (secondary N) is 1. The van der Waals surface area contributed by atoms with E-state index in [2.05, 4.69) is 5.32 Å². The first kappa shape index (κ1) is 18.0. The van der Waals surface area contributed by atoms with E-state index in [1.165, 1.54) is 26.0 Å². The smallest absolute Gasteiger partial charge is 0.364 e. The first-order valence-corrected chi connectivity index (χ1v) is 8.12. The molecular formula is C13H19F3NO3P. The molecule has 1 N–H and O–H groups in total. The van der Waals surface area contributed by atoms with Crippen molar-refractivity contribution in [1.29, 1.82) is 0 Å². The van der Waals surface area contributed by atoms with Crippen molar-refractivity contribution in [3.63, 3.8) is 0 Å². The van der Waals surface area contributed by atoms with Gasteiger partial charge in [0.05, 0.1) is 13.2 Å². The van der Waals surface area contributed by atoms with Gasteiger partial charge >= 0.3 is 13.8 Å². The van der Waals surface area contributed by atoms with Crippen LogP contribution in [-0.4, -0.2) is 25.2 Å². The Hall–Kier alpha value is -1.04. The molecule has 0 aliphatic heterocycles. The molecule has 0 bridgehead atoms. The molecule has 1 aromatic rings. The van der Waals surface area contributed by atoms with Crippen molar-refractivity contribution in [2.24, 2.45) is 0 Å². The maximum atomic E-state index is 13.2. The highest BCUT2D eigenvalue weighted by atomic mass is 31.2. The quantitative estimate of drug-likeness (QED) is 0.747.